The Bertz CT molecular complexity index is 963. The number of carbonyl (C=O) groups excluding carboxylic acids is 1. The molecule has 0 spiro atoms. The van der Waals surface area contributed by atoms with Crippen LogP contribution >= 0.6 is 23.4 Å². The fraction of sp³-hybridized carbons (Fsp3) is 0.222. The molecule has 1 N–H and O–H groups in total. The van der Waals surface area contributed by atoms with Gasteiger partial charge in [-0.3, -0.25) is 9.48 Å². The molecule has 140 valence electrons. The number of benzene rings is 1. The Balaban J connectivity index is 1.64. The summed E-state index contributed by atoms with van der Waals surface area (Å²) < 4.78 is 3.55. The van der Waals surface area contributed by atoms with E-state index >= 15 is 0 Å². The van der Waals surface area contributed by atoms with Crippen LogP contribution < -0.4 is 5.32 Å². The van der Waals surface area contributed by atoms with Crippen LogP contribution in [0.2, 0.25) is 5.02 Å². The number of nitrogens with zero attached hydrogens (tertiary/aromatic N) is 5. The second-order valence-electron chi connectivity index (χ2n) is 5.81. The zero-order valence-corrected chi connectivity index (χ0v) is 16.6. The summed E-state index contributed by atoms with van der Waals surface area (Å²) in [6.07, 6.45) is 1.77. The third-order valence-electron chi connectivity index (χ3n) is 3.83. The minimum absolute atomic E-state index is 0.142. The van der Waals surface area contributed by atoms with Crippen molar-refractivity contribution in [2.45, 2.75) is 18.6 Å². The van der Waals surface area contributed by atoms with Gasteiger partial charge in [-0.1, -0.05) is 41.6 Å². The monoisotopic (exact) mass is 402 g/mol. The van der Waals surface area contributed by atoms with E-state index < -0.39 is 0 Å². The molecule has 2 aromatic heterocycles. The lowest BCUT2D eigenvalue weighted by molar-refractivity contribution is -0.113. The highest BCUT2D eigenvalue weighted by Crippen LogP contribution is 2.23. The van der Waals surface area contributed by atoms with Gasteiger partial charge < -0.3 is 9.88 Å². The molecule has 3 aromatic rings. The minimum Gasteiger partial charge on any atom is -0.310 e. The molecule has 9 heteroatoms. The van der Waals surface area contributed by atoms with Crippen molar-refractivity contribution in [2.75, 3.05) is 11.1 Å². The summed E-state index contributed by atoms with van der Waals surface area (Å²) in [5.74, 6) is 1.49. The van der Waals surface area contributed by atoms with Crippen LogP contribution in [0.1, 0.15) is 5.82 Å². The molecule has 7 nitrogen and oxygen atoms in total. The van der Waals surface area contributed by atoms with Gasteiger partial charge in [0.15, 0.2) is 5.16 Å². The lowest BCUT2D eigenvalue weighted by Gasteiger charge is -2.06. The predicted octanol–water partition coefficient (Wildman–Crippen LogP) is 3.56. The van der Waals surface area contributed by atoms with Gasteiger partial charge in [-0.25, -0.2) is 0 Å². The lowest BCUT2D eigenvalue weighted by Crippen LogP contribution is -2.16. The first kappa shape index (κ1) is 19.2. The van der Waals surface area contributed by atoms with Crippen LogP contribution in [0, 0.1) is 6.92 Å². The maximum atomic E-state index is 12.3. The first-order valence-electron chi connectivity index (χ1n) is 8.21. The maximum Gasteiger partial charge on any atom is 0.235 e. The summed E-state index contributed by atoms with van der Waals surface area (Å²) in [4.78, 5) is 12.3. The zero-order chi connectivity index (χ0) is 19.4. The van der Waals surface area contributed by atoms with E-state index in [2.05, 4.69) is 27.2 Å². The fourth-order valence-corrected chi connectivity index (χ4v) is 3.38. The van der Waals surface area contributed by atoms with Crippen LogP contribution in [0.25, 0.3) is 11.3 Å². The third-order valence-corrected chi connectivity index (χ3v) is 5.05. The van der Waals surface area contributed by atoms with E-state index in [0.29, 0.717) is 22.5 Å². The Labute approximate surface area is 166 Å². The summed E-state index contributed by atoms with van der Waals surface area (Å²) in [5.41, 5.74) is 1.69. The van der Waals surface area contributed by atoms with Gasteiger partial charge in [-0.15, -0.1) is 16.8 Å². The Hall–Kier alpha value is -2.58. The van der Waals surface area contributed by atoms with E-state index in [0.717, 1.165) is 17.1 Å². The summed E-state index contributed by atoms with van der Waals surface area (Å²) in [6, 6.07) is 9.22. The van der Waals surface area contributed by atoms with Gasteiger partial charge in [0, 0.05) is 30.2 Å². The van der Waals surface area contributed by atoms with Gasteiger partial charge in [-0.2, -0.15) is 5.10 Å². The van der Waals surface area contributed by atoms with Crippen LogP contribution in [-0.2, 0) is 18.4 Å². The highest BCUT2D eigenvalue weighted by atomic mass is 35.5. The van der Waals surface area contributed by atoms with Crippen molar-refractivity contribution < 1.29 is 4.79 Å². The first-order valence-corrected chi connectivity index (χ1v) is 9.57. The molecule has 0 radical (unpaired) electrons. The van der Waals surface area contributed by atoms with Crippen molar-refractivity contribution in [2.24, 2.45) is 7.05 Å². The summed E-state index contributed by atoms with van der Waals surface area (Å²) >= 11 is 7.25. The van der Waals surface area contributed by atoms with Gasteiger partial charge >= 0.3 is 0 Å². The van der Waals surface area contributed by atoms with E-state index in [9.17, 15) is 4.79 Å². The van der Waals surface area contributed by atoms with Crippen molar-refractivity contribution in [3.63, 3.8) is 0 Å². The molecular formula is C18H19ClN6OS. The molecule has 27 heavy (non-hydrogen) atoms. The smallest absolute Gasteiger partial charge is 0.235 e. The zero-order valence-electron chi connectivity index (χ0n) is 15.0. The molecule has 0 unspecified atom stereocenters. The molecule has 1 aromatic carbocycles. The lowest BCUT2D eigenvalue weighted by atomic mass is 10.1. The third kappa shape index (κ3) is 4.58. The normalized spacial score (nSPS) is 10.8. The second kappa shape index (κ2) is 8.41. The number of amides is 1. The number of thioether (sulfide) groups is 1. The van der Waals surface area contributed by atoms with Gasteiger partial charge in [0.1, 0.15) is 11.6 Å². The summed E-state index contributed by atoms with van der Waals surface area (Å²) in [5, 5.41) is 16.8. The number of hydrogen-bond acceptors (Lipinski definition) is 5. The number of carbonyl (C=O) groups is 1. The van der Waals surface area contributed by atoms with E-state index in [1.165, 1.54) is 11.8 Å². The maximum absolute atomic E-state index is 12.3. The largest absolute Gasteiger partial charge is 0.310 e. The fourth-order valence-electron chi connectivity index (χ4n) is 2.46. The van der Waals surface area contributed by atoms with Crippen LogP contribution in [0.3, 0.4) is 0 Å². The molecular weight excluding hydrogens is 384 g/mol. The van der Waals surface area contributed by atoms with E-state index in [1.54, 1.807) is 17.8 Å². The SMILES string of the molecule is C=CCn1c(C)nnc1SCC(=O)Nc1cc(-c2ccc(Cl)cc2)nn1C. The Morgan fingerprint density at radius 1 is 1.33 bits per heavy atom. The van der Waals surface area contributed by atoms with Gasteiger partial charge in [0.2, 0.25) is 5.91 Å². The quantitative estimate of drug-likeness (QED) is 0.483. The molecule has 0 saturated carbocycles. The molecule has 0 aliphatic rings. The van der Waals surface area contributed by atoms with Crippen molar-refractivity contribution in [1.82, 2.24) is 24.5 Å². The van der Waals surface area contributed by atoms with E-state index in [-0.39, 0.29) is 11.7 Å². The highest BCUT2D eigenvalue weighted by Gasteiger charge is 2.13. The van der Waals surface area contributed by atoms with Crippen molar-refractivity contribution in [3.8, 4) is 11.3 Å². The number of anilines is 1. The van der Waals surface area contributed by atoms with Gasteiger partial charge in [-0.05, 0) is 19.1 Å². The average molecular weight is 403 g/mol. The summed E-state index contributed by atoms with van der Waals surface area (Å²) in [7, 11) is 1.78. The van der Waals surface area contributed by atoms with Gasteiger partial charge in [0.25, 0.3) is 0 Å². The van der Waals surface area contributed by atoms with E-state index in [4.69, 9.17) is 11.6 Å². The molecule has 0 fully saturated rings. The molecule has 3 rings (SSSR count). The average Bonchev–Trinajstić information content (AvgIpc) is 3.18. The molecule has 2 heterocycles. The molecule has 0 aliphatic heterocycles. The number of nitrogens with one attached hydrogen (secondary N) is 1. The Morgan fingerprint density at radius 2 is 2.07 bits per heavy atom. The van der Waals surface area contributed by atoms with Crippen molar-refractivity contribution in [3.05, 3.63) is 53.8 Å². The van der Waals surface area contributed by atoms with Crippen LogP contribution in [0.4, 0.5) is 5.82 Å². The van der Waals surface area contributed by atoms with Gasteiger partial charge in [0.05, 0.1) is 11.4 Å². The van der Waals surface area contributed by atoms with Crippen LogP contribution in [0.15, 0.2) is 48.1 Å². The Kier molecular flexibility index (Phi) is 5.98. The molecule has 0 aliphatic carbocycles. The highest BCUT2D eigenvalue weighted by molar-refractivity contribution is 7.99. The Morgan fingerprint density at radius 3 is 2.78 bits per heavy atom. The molecule has 1 amide bonds. The minimum atomic E-state index is -0.142. The molecule has 0 bridgehead atoms. The predicted molar refractivity (Wildman–Crippen MR) is 108 cm³/mol. The standard InChI is InChI=1S/C18H19ClN6OS/c1-4-9-25-12(2)21-22-18(25)27-11-17(26)20-16-10-15(23-24(16)3)13-5-7-14(19)8-6-13/h4-8,10H,1,9,11H2,2-3H3,(H,20,26). The van der Waals surface area contributed by atoms with Crippen LogP contribution in [0.5, 0.6) is 0 Å². The second-order valence-corrected chi connectivity index (χ2v) is 7.19. The number of aryl methyl sites for hydroxylation is 2. The number of rotatable bonds is 7. The van der Waals surface area contributed by atoms with E-state index in [1.807, 2.05) is 41.8 Å². The molecule has 0 atom stereocenters. The molecule has 0 saturated heterocycles. The number of halogens is 1. The first-order chi connectivity index (χ1) is 13.0. The number of hydrogen-bond donors (Lipinski definition) is 1. The topological polar surface area (TPSA) is 77.6 Å². The summed E-state index contributed by atoms with van der Waals surface area (Å²) in [6.45, 7) is 6.20. The number of aromatic nitrogens is 5. The van der Waals surface area contributed by atoms with Crippen molar-refractivity contribution >= 4 is 35.1 Å². The van der Waals surface area contributed by atoms with Crippen LogP contribution in [-0.4, -0.2) is 36.2 Å². The number of allylic oxidation sites excluding steroid dienone is 1. The van der Waals surface area contributed by atoms with Crippen molar-refractivity contribution in [1.29, 1.82) is 0 Å².